The number of hydrogen-bond donors (Lipinski definition) is 2. The Morgan fingerprint density at radius 2 is 1.91 bits per heavy atom. The molecule has 0 atom stereocenters. The van der Waals surface area contributed by atoms with Crippen molar-refractivity contribution in [3.05, 3.63) is 0 Å². The van der Waals surface area contributed by atoms with E-state index < -0.39 is 0 Å². The summed E-state index contributed by atoms with van der Waals surface area (Å²) in [5.74, 6) is 0. The molecule has 11 heavy (non-hydrogen) atoms. The first-order chi connectivity index (χ1) is 4.97. The summed E-state index contributed by atoms with van der Waals surface area (Å²) < 4.78 is 0. The summed E-state index contributed by atoms with van der Waals surface area (Å²) in [6.45, 7) is 6.71. The highest BCUT2D eigenvalue weighted by atomic mass is 16.3. The van der Waals surface area contributed by atoms with Gasteiger partial charge in [0.25, 0.3) is 0 Å². The van der Waals surface area contributed by atoms with Gasteiger partial charge in [-0.3, -0.25) is 0 Å². The number of hydrogen-bond acceptors (Lipinski definition) is 2. The van der Waals surface area contributed by atoms with Gasteiger partial charge in [-0.15, -0.1) is 0 Å². The molecule has 0 aromatic heterocycles. The Bertz CT molecular complexity index is 127. The van der Waals surface area contributed by atoms with Crippen LogP contribution in [0.4, 0.5) is 0 Å². The first kappa shape index (κ1) is 9.01. The molecule has 0 aromatic carbocycles. The molecule has 1 fully saturated rings. The summed E-state index contributed by atoms with van der Waals surface area (Å²) >= 11 is 0. The first-order valence-corrected chi connectivity index (χ1v) is 4.38. The average molecular weight is 157 g/mol. The minimum Gasteiger partial charge on any atom is -0.394 e. The van der Waals surface area contributed by atoms with Gasteiger partial charge >= 0.3 is 0 Å². The van der Waals surface area contributed by atoms with Gasteiger partial charge in [0.1, 0.15) is 0 Å². The zero-order valence-corrected chi connectivity index (χ0v) is 7.78. The fraction of sp³-hybridized carbons (Fsp3) is 1.00. The normalized spacial score (nSPS) is 22.9. The van der Waals surface area contributed by atoms with E-state index in [4.69, 9.17) is 5.11 Å². The molecule has 1 aliphatic rings. The Balaban J connectivity index is 2.45. The monoisotopic (exact) mass is 157 g/mol. The van der Waals surface area contributed by atoms with Crippen LogP contribution in [0.5, 0.6) is 0 Å². The van der Waals surface area contributed by atoms with Gasteiger partial charge in [0.2, 0.25) is 0 Å². The van der Waals surface area contributed by atoms with Crippen molar-refractivity contribution < 1.29 is 5.11 Å². The van der Waals surface area contributed by atoms with E-state index >= 15 is 0 Å². The molecular weight excluding hydrogens is 138 g/mol. The van der Waals surface area contributed by atoms with Crippen molar-refractivity contribution >= 4 is 0 Å². The number of aliphatic hydroxyl groups excluding tert-OH is 1. The lowest BCUT2D eigenvalue weighted by atomic mass is 9.76. The highest BCUT2D eigenvalue weighted by Crippen LogP contribution is 2.32. The standard InChI is InChI=1S/C9H19NO/c1-8(2,3)10-9(7-11)5-4-6-9/h10-11H,4-7H2,1-3H3. The molecule has 0 aliphatic heterocycles. The van der Waals surface area contributed by atoms with Crippen molar-refractivity contribution in [1.29, 1.82) is 0 Å². The molecule has 0 unspecified atom stereocenters. The fourth-order valence-electron chi connectivity index (χ4n) is 1.72. The Labute approximate surface area is 69.0 Å². The second kappa shape index (κ2) is 2.76. The van der Waals surface area contributed by atoms with Crippen molar-refractivity contribution in [3.8, 4) is 0 Å². The van der Waals surface area contributed by atoms with Crippen molar-refractivity contribution in [2.45, 2.75) is 51.1 Å². The van der Waals surface area contributed by atoms with Crippen LogP contribution in [0.2, 0.25) is 0 Å². The minimum atomic E-state index is 0.0538. The van der Waals surface area contributed by atoms with Gasteiger partial charge in [-0.25, -0.2) is 0 Å². The van der Waals surface area contributed by atoms with Crippen LogP contribution in [0.25, 0.3) is 0 Å². The van der Waals surface area contributed by atoms with E-state index in [2.05, 4.69) is 26.1 Å². The van der Waals surface area contributed by atoms with Crippen LogP contribution < -0.4 is 5.32 Å². The number of aliphatic hydroxyl groups is 1. The molecule has 0 aromatic rings. The summed E-state index contributed by atoms with van der Waals surface area (Å²) in [6, 6.07) is 0. The molecule has 0 bridgehead atoms. The van der Waals surface area contributed by atoms with Gasteiger partial charge in [0.05, 0.1) is 6.61 Å². The maximum atomic E-state index is 9.14. The van der Waals surface area contributed by atoms with Gasteiger partial charge < -0.3 is 10.4 Å². The van der Waals surface area contributed by atoms with Gasteiger partial charge in [0, 0.05) is 11.1 Å². The van der Waals surface area contributed by atoms with E-state index in [1.165, 1.54) is 6.42 Å². The van der Waals surface area contributed by atoms with E-state index in [9.17, 15) is 0 Å². The molecule has 2 N–H and O–H groups in total. The fourth-order valence-corrected chi connectivity index (χ4v) is 1.72. The quantitative estimate of drug-likeness (QED) is 0.633. The van der Waals surface area contributed by atoms with Crippen LogP contribution in [0.15, 0.2) is 0 Å². The predicted molar refractivity (Wildman–Crippen MR) is 46.6 cm³/mol. The Kier molecular flexibility index (Phi) is 2.26. The first-order valence-electron chi connectivity index (χ1n) is 4.38. The van der Waals surface area contributed by atoms with Crippen molar-refractivity contribution in [2.24, 2.45) is 0 Å². The SMILES string of the molecule is CC(C)(C)NC1(CO)CCC1. The van der Waals surface area contributed by atoms with Crippen molar-refractivity contribution in [3.63, 3.8) is 0 Å². The molecular formula is C9H19NO. The summed E-state index contributed by atoms with van der Waals surface area (Å²) in [4.78, 5) is 0. The Morgan fingerprint density at radius 3 is 2.00 bits per heavy atom. The summed E-state index contributed by atoms with van der Waals surface area (Å²) in [5, 5.41) is 12.6. The van der Waals surface area contributed by atoms with Gasteiger partial charge in [-0.2, -0.15) is 0 Å². The van der Waals surface area contributed by atoms with E-state index in [-0.39, 0.29) is 17.7 Å². The smallest absolute Gasteiger partial charge is 0.0613 e. The lowest BCUT2D eigenvalue weighted by Crippen LogP contribution is -2.60. The largest absolute Gasteiger partial charge is 0.394 e. The Morgan fingerprint density at radius 1 is 1.36 bits per heavy atom. The lowest BCUT2D eigenvalue weighted by Gasteiger charge is -2.45. The van der Waals surface area contributed by atoms with Gasteiger partial charge in [-0.05, 0) is 40.0 Å². The van der Waals surface area contributed by atoms with Gasteiger partial charge in [-0.1, -0.05) is 0 Å². The predicted octanol–water partition coefficient (Wildman–Crippen LogP) is 1.29. The third-order valence-electron chi connectivity index (χ3n) is 2.25. The maximum absolute atomic E-state index is 9.14. The third-order valence-corrected chi connectivity index (χ3v) is 2.25. The molecule has 0 saturated heterocycles. The maximum Gasteiger partial charge on any atom is 0.0613 e. The van der Waals surface area contributed by atoms with Crippen LogP contribution in [0.1, 0.15) is 40.0 Å². The van der Waals surface area contributed by atoms with E-state index in [1.54, 1.807) is 0 Å². The zero-order valence-electron chi connectivity index (χ0n) is 7.78. The number of nitrogens with one attached hydrogen (secondary N) is 1. The second-order valence-electron chi connectivity index (χ2n) is 4.67. The molecule has 2 heteroatoms. The summed E-state index contributed by atoms with van der Waals surface area (Å²) in [6.07, 6.45) is 3.51. The molecule has 0 radical (unpaired) electrons. The summed E-state index contributed by atoms with van der Waals surface area (Å²) in [7, 11) is 0. The van der Waals surface area contributed by atoms with Crippen LogP contribution >= 0.6 is 0 Å². The Hall–Kier alpha value is -0.0800. The molecule has 0 amide bonds. The second-order valence-corrected chi connectivity index (χ2v) is 4.67. The molecule has 1 aliphatic carbocycles. The molecule has 1 rings (SSSR count). The van der Waals surface area contributed by atoms with Crippen molar-refractivity contribution in [2.75, 3.05) is 6.61 Å². The average Bonchev–Trinajstić information content (AvgIpc) is 1.77. The molecule has 66 valence electrons. The molecule has 0 spiro atoms. The van der Waals surface area contributed by atoms with Crippen LogP contribution in [-0.2, 0) is 0 Å². The van der Waals surface area contributed by atoms with E-state index in [0.717, 1.165) is 12.8 Å². The topological polar surface area (TPSA) is 32.3 Å². The summed E-state index contributed by atoms with van der Waals surface area (Å²) in [5.41, 5.74) is 0.182. The lowest BCUT2D eigenvalue weighted by molar-refractivity contribution is 0.0641. The third kappa shape index (κ3) is 2.17. The number of rotatable bonds is 2. The highest BCUT2D eigenvalue weighted by Gasteiger charge is 2.38. The van der Waals surface area contributed by atoms with Crippen LogP contribution in [0, 0.1) is 0 Å². The van der Waals surface area contributed by atoms with E-state index in [1.807, 2.05) is 0 Å². The van der Waals surface area contributed by atoms with Crippen molar-refractivity contribution in [1.82, 2.24) is 5.32 Å². The molecule has 2 nitrogen and oxygen atoms in total. The van der Waals surface area contributed by atoms with Gasteiger partial charge in [0.15, 0.2) is 0 Å². The molecule has 1 saturated carbocycles. The highest BCUT2D eigenvalue weighted by molar-refractivity contribution is 4.98. The van der Waals surface area contributed by atoms with E-state index in [0.29, 0.717) is 0 Å². The van der Waals surface area contributed by atoms with Crippen LogP contribution in [0.3, 0.4) is 0 Å². The van der Waals surface area contributed by atoms with Crippen LogP contribution in [-0.4, -0.2) is 22.8 Å². The molecule has 0 heterocycles. The minimum absolute atomic E-state index is 0.0538. The zero-order chi connectivity index (χ0) is 8.54.